The molecule has 0 aromatic heterocycles. The van der Waals surface area contributed by atoms with E-state index in [1.165, 1.54) is 25.3 Å². The number of rotatable bonds is 6. The summed E-state index contributed by atoms with van der Waals surface area (Å²) in [6.07, 6.45) is 2.00. The second-order valence-corrected chi connectivity index (χ2v) is 4.80. The number of nitrogens with one attached hydrogen (secondary N) is 1. The highest BCUT2D eigenvalue weighted by molar-refractivity contribution is 6.02. The Balaban J connectivity index is 2.22. The van der Waals surface area contributed by atoms with Crippen molar-refractivity contribution in [2.75, 3.05) is 12.4 Å². The van der Waals surface area contributed by atoms with E-state index in [0.29, 0.717) is 6.07 Å². The maximum Gasteiger partial charge on any atom is 0.387 e. The number of hydrogen-bond donors (Lipinski definition) is 1. The van der Waals surface area contributed by atoms with Gasteiger partial charge in [-0.3, -0.25) is 4.79 Å². The number of benzene rings is 2. The lowest BCUT2D eigenvalue weighted by Crippen LogP contribution is -2.10. The van der Waals surface area contributed by atoms with Crippen molar-refractivity contribution in [1.29, 1.82) is 0 Å². The molecule has 0 unspecified atom stereocenters. The smallest absolute Gasteiger partial charge is 0.387 e. The van der Waals surface area contributed by atoms with E-state index in [-0.39, 0.29) is 17.1 Å². The molecule has 4 nitrogen and oxygen atoms in total. The first-order chi connectivity index (χ1) is 12.3. The number of anilines is 1. The van der Waals surface area contributed by atoms with Gasteiger partial charge in [-0.1, -0.05) is 12.1 Å². The summed E-state index contributed by atoms with van der Waals surface area (Å²) in [5.41, 5.74) is -0.487. The highest BCUT2D eigenvalue weighted by atomic mass is 19.3. The van der Waals surface area contributed by atoms with Gasteiger partial charge in [-0.15, -0.1) is 0 Å². The second kappa shape index (κ2) is 8.32. The van der Waals surface area contributed by atoms with Gasteiger partial charge in [0, 0.05) is 11.6 Å². The first-order valence-corrected chi connectivity index (χ1v) is 7.08. The van der Waals surface area contributed by atoms with Crippen LogP contribution < -0.4 is 14.8 Å². The summed E-state index contributed by atoms with van der Waals surface area (Å²) in [6.45, 7) is -3.12. The highest BCUT2D eigenvalue weighted by Gasteiger charge is 2.16. The molecule has 2 aromatic rings. The van der Waals surface area contributed by atoms with Gasteiger partial charge in [0.15, 0.2) is 29.0 Å². The lowest BCUT2D eigenvalue weighted by atomic mass is 10.1. The lowest BCUT2D eigenvalue weighted by molar-refractivity contribution is -0.111. The Hall–Kier alpha value is -3.10. The fourth-order valence-corrected chi connectivity index (χ4v) is 2.00. The van der Waals surface area contributed by atoms with Crippen LogP contribution in [0.3, 0.4) is 0 Å². The van der Waals surface area contributed by atoms with E-state index < -0.39 is 35.7 Å². The van der Waals surface area contributed by atoms with Crippen LogP contribution >= 0.6 is 0 Å². The van der Waals surface area contributed by atoms with Gasteiger partial charge < -0.3 is 14.8 Å². The molecule has 0 aliphatic rings. The van der Waals surface area contributed by atoms with Crippen molar-refractivity contribution < 1.29 is 36.2 Å². The van der Waals surface area contributed by atoms with E-state index >= 15 is 0 Å². The number of alkyl halides is 2. The fourth-order valence-electron chi connectivity index (χ4n) is 2.00. The summed E-state index contributed by atoms with van der Waals surface area (Å²) in [6, 6.07) is 5.72. The predicted molar refractivity (Wildman–Crippen MR) is 83.6 cm³/mol. The third-order valence-corrected chi connectivity index (χ3v) is 3.14. The predicted octanol–water partition coefficient (Wildman–Crippen LogP) is 4.37. The summed E-state index contributed by atoms with van der Waals surface area (Å²) >= 11 is 0. The zero-order valence-corrected chi connectivity index (χ0v) is 13.2. The summed E-state index contributed by atoms with van der Waals surface area (Å²) in [5.74, 6) is -5.88. The average molecular weight is 373 g/mol. The second-order valence-electron chi connectivity index (χ2n) is 4.80. The largest absolute Gasteiger partial charge is 0.493 e. The molecule has 1 amide bonds. The van der Waals surface area contributed by atoms with Crippen molar-refractivity contribution in [2.45, 2.75) is 6.61 Å². The van der Waals surface area contributed by atoms with Crippen LogP contribution in [0, 0.1) is 17.5 Å². The molecular weight excluding hydrogens is 361 g/mol. The molecule has 0 saturated heterocycles. The van der Waals surface area contributed by atoms with Crippen molar-refractivity contribution >= 4 is 17.7 Å². The Kier molecular flexibility index (Phi) is 6.16. The summed E-state index contributed by atoms with van der Waals surface area (Å²) in [5, 5.41) is 2.01. The van der Waals surface area contributed by atoms with E-state index in [2.05, 4.69) is 4.74 Å². The summed E-state index contributed by atoms with van der Waals surface area (Å²) in [4.78, 5) is 11.8. The lowest BCUT2D eigenvalue weighted by Gasteiger charge is -2.12. The van der Waals surface area contributed by atoms with Gasteiger partial charge in [0.1, 0.15) is 0 Å². The Morgan fingerprint density at radius 3 is 2.50 bits per heavy atom. The molecule has 138 valence electrons. The topological polar surface area (TPSA) is 47.6 Å². The molecule has 2 rings (SSSR count). The molecule has 1 N–H and O–H groups in total. The standard InChI is InChI=1S/C17H12F5NO3/c1-25-12-4-2-3-9(16(12)26-17(21)22)5-8-13(24)23-11-7-6-10(18)14(19)15(11)20/h2-8,17H,1H3,(H,23,24)/b8-5+. The first-order valence-electron chi connectivity index (χ1n) is 7.08. The first kappa shape index (κ1) is 19.2. The SMILES string of the molecule is COc1cccc(/C=C/C(=O)Nc2ccc(F)c(F)c2F)c1OC(F)F. The van der Waals surface area contributed by atoms with Crippen molar-refractivity contribution in [2.24, 2.45) is 0 Å². The van der Waals surface area contributed by atoms with Gasteiger partial charge >= 0.3 is 6.61 Å². The van der Waals surface area contributed by atoms with Gasteiger partial charge in [-0.25, -0.2) is 13.2 Å². The van der Waals surface area contributed by atoms with Gasteiger partial charge in [0.05, 0.1) is 12.8 Å². The molecule has 0 aliphatic heterocycles. The minimum atomic E-state index is -3.12. The molecule has 0 atom stereocenters. The number of methoxy groups -OCH3 is 1. The van der Waals surface area contributed by atoms with Crippen molar-refractivity contribution in [3.63, 3.8) is 0 Å². The Morgan fingerprint density at radius 1 is 1.12 bits per heavy atom. The van der Waals surface area contributed by atoms with E-state index in [1.54, 1.807) is 0 Å². The number of hydrogen-bond acceptors (Lipinski definition) is 3. The van der Waals surface area contributed by atoms with Crippen LogP contribution in [-0.2, 0) is 4.79 Å². The molecule has 0 saturated carbocycles. The molecule has 9 heteroatoms. The molecule has 2 aromatic carbocycles. The minimum Gasteiger partial charge on any atom is -0.493 e. The molecule has 0 spiro atoms. The third kappa shape index (κ3) is 4.50. The normalized spacial score (nSPS) is 11.0. The quantitative estimate of drug-likeness (QED) is 0.465. The van der Waals surface area contributed by atoms with Crippen LogP contribution in [0.25, 0.3) is 6.08 Å². The molecular formula is C17H12F5NO3. The Bertz CT molecular complexity index is 839. The van der Waals surface area contributed by atoms with Gasteiger partial charge in [0.2, 0.25) is 5.91 Å². The Morgan fingerprint density at radius 2 is 1.85 bits per heavy atom. The van der Waals surface area contributed by atoms with E-state index in [1.807, 2.05) is 5.32 Å². The number of carbonyl (C=O) groups is 1. The van der Waals surface area contributed by atoms with Crippen molar-refractivity contribution in [3.8, 4) is 11.5 Å². The highest BCUT2D eigenvalue weighted by Crippen LogP contribution is 2.33. The fraction of sp³-hybridized carbons (Fsp3) is 0.118. The zero-order valence-electron chi connectivity index (χ0n) is 13.2. The molecule has 26 heavy (non-hydrogen) atoms. The van der Waals surface area contributed by atoms with Gasteiger partial charge in [0.25, 0.3) is 0 Å². The molecule has 0 radical (unpaired) electrons. The van der Waals surface area contributed by atoms with Crippen LogP contribution in [-0.4, -0.2) is 19.6 Å². The van der Waals surface area contributed by atoms with Crippen LogP contribution in [0.15, 0.2) is 36.4 Å². The van der Waals surface area contributed by atoms with Crippen LogP contribution in [0.1, 0.15) is 5.56 Å². The Labute approximate surface area is 144 Å². The number of amides is 1. The molecule has 0 heterocycles. The number of halogens is 5. The van der Waals surface area contributed by atoms with E-state index in [0.717, 1.165) is 18.2 Å². The molecule has 0 aliphatic carbocycles. The number of para-hydroxylation sites is 1. The number of ether oxygens (including phenoxy) is 2. The maximum absolute atomic E-state index is 13.5. The molecule has 0 fully saturated rings. The number of carbonyl (C=O) groups excluding carboxylic acids is 1. The monoisotopic (exact) mass is 373 g/mol. The third-order valence-electron chi connectivity index (χ3n) is 3.14. The summed E-state index contributed by atoms with van der Waals surface area (Å²) in [7, 11) is 1.25. The summed E-state index contributed by atoms with van der Waals surface area (Å²) < 4.78 is 73.8. The van der Waals surface area contributed by atoms with Crippen molar-refractivity contribution in [1.82, 2.24) is 0 Å². The van der Waals surface area contributed by atoms with E-state index in [4.69, 9.17) is 4.74 Å². The van der Waals surface area contributed by atoms with Gasteiger partial charge in [-0.05, 0) is 24.3 Å². The maximum atomic E-state index is 13.5. The van der Waals surface area contributed by atoms with Crippen LogP contribution in [0.4, 0.5) is 27.6 Å². The molecule has 0 bridgehead atoms. The minimum absolute atomic E-state index is 0.0134. The van der Waals surface area contributed by atoms with E-state index in [9.17, 15) is 26.7 Å². The van der Waals surface area contributed by atoms with Crippen LogP contribution in [0.5, 0.6) is 11.5 Å². The van der Waals surface area contributed by atoms with Crippen LogP contribution in [0.2, 0.25) is 0 Å². The van der Waals surface area contributed by atoms with Gasteiger partial charge in [-0.2, -0.15) is 8.78 Å². The van der Waals surface area contributed by atoms with Crippen molar-refractivity contribution in [3.05, 3.63) is 59.4 Å². The average Bonchev–Trinajstić information content (AvgIpc) is 2.60. The zero-order chi connectivity index (χ0) is 19.3.